The molecule has 0 aliphatic heterocycles. The third kappa shape index (κ3) is 3.64. The summed E-state index contributed by atoms with van der Waals surface area (Å²) in [5.74, 6) is 2.03. The molecule has 0 aliphatic carbocycles. The standard InChI is InChI=1S/C14H22N4S/c1-4-13-16-14(5-2)18(17-13)9-8-15-11(3)12-7-6-10-19-12/h6-7,10-11,15H,4-5,8-9H2,1-3H3. The average Bonchev–Trinajstić information content (AvgIpc) is 3.07. The maximum absolute atomic E-state index is 4.53. The molecule has 2 aromatic rings. The minimum Gasteiger partial charge on any atom is -0.308 e. The van der Waals surface area contributed by atoms with Crippen LogP contribution in [-0.2, 0) is 19.4 Å². The molecule has 104 valence electrons. The Balaban J connectivity index is 1.87. The number of nitrogens with zero attached hydrogens (tertiary/aromatic N) is 3. The van der Waals surface area contributed by atoms with Gasteiger partial charge in [0.1, 0.15) is 5.82 Å². The number of thiophene rings is 1. The Hall–Kier alpha value is -1.20. The molecule has 0 bridgehead atoms. The summed E-state index contributed by atoms with van der Waals surface area (Å²) < 4.78 is 2.03. The van der Waals surface area contributed by atoms with E-state index in [0.29, 0.717) is 6.04 Å². The quantitative estimate of drug-likeness (QED) is 0.847. The van der Waals surface area contributed by atoms with Crippen LogP contribution in [0.15, 0.2) is 17.5 Å². The van der Waals surface area contributed by atoms with Gasteiger partial charge in [0, 0.05) is 30.3 Å². The molecule has 0 aromatic carbocycles. The molecule has 1 N–H and O–H groups in total. The maximum atomic E-state index is 4.53. The van der Waals surface area contributed by atoms with Crippen LogP contribution in [0.2, 0.25) is 0 Å². The molecule has 0 radical (unpaired) electrons. The smallest absolute Gasteiger partial charge is 0.150 e. The molecule has 0 amide bonds. The van der Waals surface area contributed by atoms with Crippen LogP contribution in [0.4, 0.5) is 0 Å². The van der Waals surface area contributed by atoms with E-state index in [-0.39, 0.29) is 0 Å². The Labute approximate surface area is 118 Å². The summed E-state index contributed by atoms with van der Waals surface area (Å²) in [6, 6.07) is 4.67. The van der Waals surface area contributed by atoms with Crippen molar-refractivity contribution in [3.05, 3.63) is 34.0 Å². The van der Waals surface area contributed by atoms with Gasteiger partial charge < -0.3 is 5.32 Å². The molecule has 19 heavy (non-hydrogen) atoms. The first-order valence-electron chi connectivity index (χ1n) is 6.94. The van der Waals surface area contributed by atoms with Crippen molar-refractivity contribution < 1.29 is 0 Å². The fourth-order valence-corrected chi connectivity index (χ4v) is 2.80. The number of hydrogen-bond acceptors (Lipinski definition) is 4. The van der Waals surface area contributed by atoms with Crippen molar-refractivity contribution in [2.75, 3.05) is 6.54 Å². The van der Waals surface area contributed by atoms with Gasteiger partial charge in [0.05, 0.1) is 6.54 Å². The second kappa shape index (κ2) is 6.82. The van der Waals surface area contributed by atoms with Crippen LogP contribution >= 0.6 is 11.3 Å². The molecule has 4 nitrogen and oxygen atoms in total. The molecule has 1 unspecified atom stereocenters. The van der Waals surface area contributed by atoms with E-state index in [2.05, 4.69) is 53.7 Å². The highest BCUT2D eigenvalue weighted by molar-refractivity contribution is 7.10. The van der Waals surface area contributed by atoms with Crippen LogP contribution in [-0.4, -0.2) is 21.3 Å². The Bertz CT molecular complexity index is 490. The summed E-state index contributed by atoms with van der Waals surface area (Å²) in [4.78, 5) is 5.90. The van der Waals surface area contributed by atoms with Gasteiger partial charge in [-0.15, -0.1) is 11.3 Å². The van der Waals surface area contributed by atoms with Gasteiger partial charge in [0.25, 0.3) is 0 Å². The zero-order valence-corrected chi connectivity index (χ0v) is 12.7. The molecule has 0 spiro atoms. The number of aromatic nitrogens is 3. The van der Waals surface area contributed by atoms with Crippen LogP contribution < -0.4 is 5.32 Å². The van der Waals surface area contributed by atoms with Crippen LogP contribution in [0.1, 0.15) is 43.3 Å². The Morgan fingerprint density at radius 3 is 2.84 bits per heavy atom. The topological polar surface area (TPSA) is 42.7 Å². The SMILES string of the molecule is CCc1nc(CC)n(CCNC(C)c2cccs2)n1. The Kier molecular flexibility index (Phi) is 5.10. The van der Waals surface area contributed by atoms with Crippen molar-refractivity contribution in [3.8, 4) is 0 Å². The molecular weight excluding hydrogens is 256 g/mol. The van der Waals surface area contributed by atoms with Gasteiger partial charge in [-0.05, 0) is 18.4 Å². The first-order valence-corrected chi connectivity index (χ1v) is 7.82. The van der Waals surface area contributed by atoms with Gasteiger partial charge in [0.15, 0.2) is 5.82 Å². The van der Waals surface area contributed by atoms with Crippen molar-refractivity contribution in [1.82, 2.24) is 20.1 Å². The highest BCUT2D eigenvalue weighted by Gasteiger charge is 2.08. The van der Waals surface area contributed by atoms with Crippen molar-refractivity contribution in [2.24, 2.45) is 0 Å². The van der Waals surface area contributed by atoms with E-state index in [1.807, 2.05) is 4.68 Å². The minimum absolute atomic E-state index is 0.402. The van der Waals surface area contributed by atoms with Gasteiger partial charge in [-0.2, -0.15) is 5.10 Å². The number of nitrogens with one attached hydrogen (secondary N) is 1. The number of aryl methyl sites for hydroxylation is 2. The summed E-state index contributed by atoms with van der Waals surface area (Å²) in [6.07, 6.45) is 1.84. The average molecular weight is 278 g/mol. The van der Waals surface area contributed by atoms with Crippen molar-refractivity contribution >= 4 is 11.3 Å². The first kappa shape index (κ1) is 14.2. The molecular formula is C14H22N4S. The van der Waals surface area contributed by atoms with Gasteiger partial charge in [-0.1, -0.05) is 19.9 Å². The van der Waals surface area contributed by atoms with Crippen molar-refractivity contribution in [3.63, 3.8) is 0 Å². The lowest BCUT2D eigenvalue weighted by atomic mass is 10.3. The number of rotatable bonds is 7. The van der Waals surface area contributed by atoms with Gasteiger partial charge in [-0.25, -0.2) is 9.67 Å². The normalized spacial score (nSPS) is 12.8. The molecule has 2 aromatic heterocycles. The lowest BCUT2D eigenvalue weighted by Crippen LogP contribution is -2.24. The van der Waals surface area contributed by atoms with E-state index in [1.54, 1.807) is 11.3 Å². The fraction of sp³-hybridized carbons (Fsp3) is 0.571. The molecule has 2 rings (SSSR count). The Morgan fingerprint density at radius 2 is 2.21 bits per heavy atom. The predicted octanol–water partition coefficient (Wildman–Crippen LogP) is 2.82. The van der Waals surface area contributed by atoms with E-state index >= 15 is 0 Å². The lowest BCUT2D eigenvalue weighted by Gasteiger charge is -2.12. The summed E-state index contributed by atoms with van der Waals surface area (Å²) >= 11 is 1.80. The maximum Gasteiger partial charge on any atom is 0.150 e. The van der Waals surface area contributed by atoms with Crippen molar-refractivity contribution in [1.29, 1.82) is 0 Å². The van der Waals surface area contributed by atoms with E-state index < -0.39 is 0 Å². The predicted molar refractivity (Wildman–Crippen MR) is 79.5 cm³/mol. The molecule has 1 atom stereocenters. The molecule has 0 saturated carbocycles. The first-order chi connectivity index (χ1) is 9.24. The minimum atomic E-state index is 0.402. The second-order valence-electron chi connectivity index (χ2n) is 4.57. The highest BCUT2D eigenvalue weighted by Crippen LogP contribution is 2.17. The van der Waals surface area contributed by atoms with Crippen LogP contribution in [0, 0.1) is 0 Å². The lowest BCUT2D eigenvalue weighted by molar-refractivity contribution is 0.498. The van der Waals surface area contributed by atoms with Crippen molar-refractivity contribution in [2.45, 2.75) is 46.2 Å². The van der Waals surface area contributed by atoms with Gasteiger partial charge >= 0.3 is 0 Å². The van der Waals surface area contributed by atoms with Crippen LogP contribution in [0.25, 0.3) is 0 Å². The second-order valence-corrected chi connectivity index (χ2v) is 5.55. The van der Waals surface area contributed by atoms with Crippen LogP contribution in [0.3, 0.4) is 0 Å². The number of hydrogen-bond donors (Lipinski definition) is 1. The molecule has 2 heterocycles. The Morgan fingerprint density at radius 1 is 1.37 bits per heavy atom. The summed E-state index contributed by atoms with van der Waals surface area (Å²) in [5, 5.41) is 10.2. The van der Waals surface area contributed by atoms with Gasteiger partial charge in [-0.3, -0.25) is 0 Å². The fourth-order valence-electron chi connectivity index (χ4n) is 2.04. The van der Waals surface area contributed by atoms with E-state index in [1.165, 1.54) is 4.88 Å². The van der Waals surface area contributed by atoms with E-state index in [9.17, 15) is 0 Å². The largest absolute Gasteiger partial charge is 0.308 e. The monoisotopic (exact) mass is 278 g/mol. The molecule has 0 saturated heterocycles. The van der Waals surface area contributed by atoms with E-state index in [4.69, 9.17) is 0 Å². The third-order valence-corrected chi connectivity index (χ3v) is 4.22. The molecule has 0 aliphatic rings. The molecule has 5 heteroatoms. The van der Waals surface area contributed by atoms with Gasteiger partial charge in [0.2, 0.25) is 0 Å². The van der Waals surface area contributed by atoms with E-state index in [0.717, 1.165) is 37.6 Å². The zero-order chi connectivity index (χ0) is 13.7. The summed E-state index contributed by atoms with van der Waals surface area (Å²) in [6.45, 7) is 8.22. The third-order valence-electron chi connectivity index (χ3n) is 3.17. The van der Waals surface area contributed by atoms with Crippen LogP contribution in [0.5, 0.6) is 0 Å². The summed E-state index contributed by atoms with van der Waals surface area (Å²) in [5.41, 5.74) is 0. The molecule has 0 fully saturated rings. The zero-order valence-electron chi connectivity index (χ0n) is 11.9. The highest BCUT2D eigenvalue weighted by atomic mass is 32.1. The summed E-state index contributed by atoms with van der Waals surface area (Å²) in [7, 11) is 0.